The molecule has 1 saturated carbocycles. The Kier molecular flexibility index (Phi) is 4.63. The fourth-order valence-electron chi connectivity index (χ4n) is 2.87. The highest BCUT2D eigenvalue weighted by molar-refractivity contribution is 5.25. The molecule has 4 heteroatoms. The Bertz CT molecular complexity index is 462. The molecule has 0 heterocycles. The van der Waals surface area contributed by atoms with Gasteiger partial charge in [0, 0.05) is 12.1 Å². The van der Waals surface area contributed by atoms with Crippen molar-refractivity contribution in [3.8, 4) is 5.75 Å². The molecule has 0 spiro atoms. The van der Waals surface area contributed by atoms with Crippen molar-refractivity contribution in [2.24, 2.45) is 5.41 Å². The van der Waals surface area contributed by atoms with Crippen LogP contribution in [0.1, 0.15) is 40.0 Å². The van der Waals surface area contributed by atoms with Gasteiger partial charge in [-0.05, 0) is 43.4 Å². The first kappa shape index (κ1) is 15.2. The molecule has 2 rings (SSSR count). The van der Waals surface area contributed by atoms with E-state index in [-0.39, 0.29) is 23.3 Å². The molecule has 1 aliphatic carbocycles. The van der Waals surface area contributed by atoms with Gasteiger partial charge in [0.25, 0.3) is 0 Å². The van der Waals surface area contributed by atoms with Crippen LogP contribution in [0.2, 0.25) is 0 Å². The third-order valence-corrected chi connectivity index (χ3v) is 3.97. The smallest absolute Gasteiger partial charge is 0.167 e. The van der Waals surface area contributed by atoms with E-state index < -0.39 is 11.6 Å². The number of likely N-dealkylation sites (N-methyl/N-ethyl adjacent to an activating group) is 1. The van der Waals surface area contributed by atoms with Crippen LogP contribution in [0.4, 0.5) is 8.78 Å². The molecule has 20 heavy (non-hydrogen) atoms. The van der Waals surface area contributed by atoms with Gasteiger partial charge in [0.15, 0.2) is 11.6 Å². The number of ether oxygens (including phenoxy) is 1. The van der Waals surface area contributed by atoms with E-state index in [9.17, 15) is 8.78 Å². The zero-order chi connectivity index (χ0) is 14.8. The Morgan fingerprint density at radius 3 is 2.75 bits per heavy atom. The molecule has 2 atom stereocenters. The normalized spacial score (nSPS) is 25.4. The molecule has 0 amide bonds. The van der Waals surface area contributed by atoms with Crippen LogP contribution < -0.4 is 10.1 Å². The summed E-state index contributed by atoms with van der Waals surface area (Å²) in [6.45, 7) is 7.31. The Balaban J connectivity index is 2.14. The number of halogens is 2. The van der Waals surface area contributed by atoms with E-state index in [0.29, 0.717) is 0 Å². The summed E-state index contributed by atoms with van der Waals surface area (Å²) in [7, 11) is 0. The largest absolute Gasteiger partial charge is 0.486 e. The van der Waals surface area contributed by atoms with E-state index in [0.717, 1.165) is 31.9 Å². The maximum atomic E-state index is 13.7. The van der Waals surface area contributed by atoms with Crippen LogP contribution in [-0.4, -0.2) is 18.7 Å². The van der Waals surface area contributed by atoms with E-state index in [1.807, 2.05) is 0 Å². The molecule has 2 unspecified atom stereocenters. The lowest BCUT2D eigenvalue weighted by atomic mass is 9.74. The second-order valence-electron chi connectivity index (χ2n) is 6.30. The Labute approximate surface area is 119 Å². The van der Waals surface area contributed by atoms with Crippen LogP contribution in [0.25, 0.3) is 0 Å². The van der Waals surface area contributed by atoms with Crippen LogP contribution in [0.3, 0.4) is 0 Å². The molecule has 1 fully saturated rings. The second kappa shape index (κ2) is 6.08. The third kappa shape index (κ3) is 3.69. The number of rotatable bonds is 4. The van der Waals surface area contributed by atoms with Crippen LogP contribution in [-0.2, 0) is 0 Å². The molecule has 0 aliphatic heterocycles. The van der Waals surface area contributed by atoms with E-state index in [4.69, 9.17) is 4.74 Å². The first-order chi connectivity index (χ1) is 9.41. The minimum Gasteiger partial charge on any atom is -0.486 e. The molecule has 2 nitrogen and oxygen atoms in total. The molecule has 1 aromatic carbocycles. The van der Waals surface area contributed by atoms with Gasteiger partial charge in [0.1, 0.15) is 11.9 Å². The van der Waals surface area contributed by atoms with Gasteiger partial charge in [-0.2, -0.15) is 0 Å². The summed E-state index contributed by atoms with van der Waals surface area (Å²) in [5.74, 6) is -1.08. The van der Waals surface area contributed by atoms with E-state index >= 15 is 0 Å². The predicted octanol–water partition coefficient (Wildman–Crippen LogP) is 3.90. The summed E-state index contributed by atoms with van der Waals surface area (Å²) in [6, 6.07) is 3.69. The predicted molar refractivity (Wildman–Crippen MR) is 75.9 cm³/mol. The van der Waals surface area contributed by atoms with Crippen LogP contribution in [0.15, 0.2) is 18.2 Å². The molecular weight excluding hydrogens is 260 g/mol. The minimum atomic E-state index is -0.636. The summed E-state index contributed by atoms with van der Waals surface area (Å²) in [6.07, 6.45) is 2.91. The van der Waals surface area contributed by atoms with Crippen molar-refractivity contribution in [1.29, 1.82) is 0 Å². The summed E-state index contributed by atoms with van der Waals surface area (Å²) in [5.41, 5.74) is 0.188. The minimum absolute atomic E-state index is 0.0846. The average molecular weight is 283 g/mol. The van der Waals surface area contributed by atoms with Gasteiger partial charge in [-0.25, -0.2) is 8.78 Å². The van der Waals surface area contributed by atoms with Crippen LogP contribution in [0.5, 0.6) is 5.75 Å². The lowest BCUT2D eigenvalue weighted by Crippen LogP contribution is -2.49. The Morgan fingerprint density at radius 1 is 1.35 bits per heavy atom. The fraction of sp³-hybridized carbons (Fsp3) is 0.625. The van der Waals surface area contributed by atoms with Gasteiger partial charge in [0.2, 0.25) is 0 Å². The van der Waals surface area contributed by atoms with Gasteiger partial charge in [-0.3, -0.25) is 0 Å². The van der Waals surface area contributed by atoms with Crippen molar-refractivity contribution in [2.75, 3.05) is 6.54 Å². The van der Waals surface area contributed by atoms with Crippen molar-refractivity contribution < 1.29 is 13.5 Å². The van der Waals surface area contributed by atoms with Crippen molar-refractivity contribution in [2.45, 2.75) is 52.2 Å². The van der Waals surface area contributed by atoms with Crippen molar-refractivity contribution in [1.82, 2.24) is 5.32 Å². The molecule has 0 bridgehead atoms. The third-order valence-electron chi connectivity index (χ3n) is 3.97. The standard InChI is InChI=1S/C16H23F2NO/c1-4-19-13-7-8-16(2,3)10-15(13)20-14-6-5-11(17)9-12(14)18/h5-6,9,13,15,19H,4,7-8,10H2,1-3H3. The van der Waals surface area contributed by atoms with E-state index in [2.05, 4.69) is 26.1 Å². The molecule has 1 aromatic rings. The zero-order valence-corrected chi connectivity index (χ0v) is 12.4. The fourth-order valence-corrected chi connectivity index (χ4v) is 2.87. The monoisotopic (exact) mass is 283 g/mol. The molecule has 112 valence electrons. The Morgan fingerprint density at radius 2 is 2.10 bits per heavy atom. The molecule has 0 saturated heterocycles. The lowest BCUT2D eigenvalue weighted by Gasteiger charge is -2.41. The maximum absolute atomic E-state index is 13.7. The summed E-state index contributed by atoms with van der Waals surface area (Å²) >= 11 is 0. The average Bonchev–Trinajstić information content (AvgIpc) is 2.36. The lowest BCUT2D eigenvalue weighted by molar-refractivity contribution is 0.0508. The number of hydrogen-bond acceptors (Lipinski definition) is 2. The first-order valence-corrected chi connectivity index (χ1v) is 7.26. The highest BCUT2D eigenvalue weighted by Gasteiger charge is 2.36. The Hall–Kier alpha value is -1.16. The summed E-state index contributed by atoms with van der Waals surface area (Å²) in [5, 5.41) is 3.40. The zero-order valence-electron chi connectivity index (χ0n) is 12.4. The van der Waals surface area contributed by atoms with Crippen molar-refractivity contribution in [3.63, 3.8) is 0 Å². The SMILES string of the molecule is CCNC1CCC(C)(C)CC1Oc1ccc(F)cc1F. The van der Waals surface area contributed by atoms with Gasteiger partial charge >= 0.3 is 0 Å². The summed E-state index contributed by atoms with van der Waals surface area (Å²) in [4.78, 5) is 0. The van der Waals surface area contributed by atoms with Gasteiger partial charge in [0.05, 0.1) is 0 Å². The molecule has 0 radical (unpaired) electrons. The number of benzene rings is 1. The van der Waals surface area contributed by atoms with Gasteiger partial charge < -0.3 is 10.1 Å². The van der Waals surface area contributed by atoms with Crippen LogP contribution in [0, 0.1) is 17.0 Å². The first-order valence-electron chi connectivity index (χ1n) is 7.26. The maximum Gasteiger partial charge on any atom is 0.167 e. The highest BCUT2D eigenvalue weighted by Crippen LogP contribution is 2.37. The van der Waals surface area contributed by atoms with Gasteiger partial charge in [-0.15, -0.1) is 0 Å². The summed E-state index contributed by atoms with van der Waals surface area (Å²) < 4.78 is 32.5. The van der Waals surface area contributed by atoms with Crippen molar-refractivity contribution in [3.05, 3.63) is 29.8 Å². The van der Waals surface area contributed by atoms with Crippen LogP contribution >= 0.6 is 0 Å². The van der Waals surface area contributed by atoms with Crippen molar-refractivity contribution >= 4 is 0 Å². The molecular formula is C16H23F2NO. The molecule has 0 aromatic heterocycles. The molecule has 1 N–H and O–H groups in total. The topological polar surface area (TPSA) is 21.3 Å². The van der Waals surface area contributed by atoms with E-state index in [1.54, 1.807) is 0 Å². The van der Waals surface area contributed by atoms with E-state index in [1.165, 1.54) is 12.1 Å². The number of hydrogen-bond donors (Lipinski definition) is 1. The second-order valence-corrected chi connectivity index (χ2v) is 6.30. The quantitative estimate of drug-likeness (QED) is 0.905. The molecule has 1 aliphatic rings. The number of nitrogens with one attached hydrogen (secondary N) is 1. The highest BCUT2D eigenvalue weighted by atomic mass is 19.1. The van der Waals surface area contributed by atoms with Gasteiger partial charge in [-0.1, -0.05) is 20.8 Å².